The Bertz CT molecular complexity index is 810. The Hall–Kier alpha value is -2.03. The lowest BCUT2D eigenvalue weighted by molar-refractivity contribution is -0.152. The third-order valence-corrected chi connectivity index (χ3v) is 6.22. The van der Waals surface area contributed by atoms with Crippen molar-refractivity contribution in [1.29, 1.82) is 0 Å². The molecule has 0 radical (unpaired) electrons. The monoisotopic (exact) mass is 324 g/mol. The van der Waals surface area contributed by atoms with E-state index in [0.29, 0.717) is 5.92 Å². The van der Waals surface area contributed by atoms with Crippen LogP contribution in [0.15, 0.2) is 30.3 Å². The van der Waals surface area contributed by atoms with Gasteiger partial charge in [0.25, 0.3) is 0 Å². The first-order valence-corrected chi connectivity index (χ1v) is 8.79. The fourth-order valence-electron chi connectivity index (χ4n) is 4.96. The summed E-state index contributed by atoms with van der Waals surface area (Å²) in [5.74, 6) is 1.23. The van der Waals surface area contributed by atoms with Gasteiger partial charge in [-0.3, -0.25) is 4.79 Å². The van der Waals surface area contributed by atoms with Crippen molar-refractivity contribution in [2.75, 3.05) is 7.11 Å². The predicted octanol–water partition coefficient (Wildman–Crippen LogP) is 4.61. The molecule has 3 atom stereocenters. The average Bonchev–Trinajstić information content (AvgIpc) is 2.90. The maximum absolute atomic E-state index is 11.5. The molecule has 0 bridgehead atoms. The molecular formula is C21H24O3. The molecule has 0 amide bonds. The van der Waals surface area contributed by atoms with Crippen LogP contribution in [0.1, 0.15) is 50.2 Å². The van der Waals surface area contributed by atoms with Crippen molar-refractivity contribution in [2.24, 2.45) is 5.41 Å². The number of rotatable bonds is 2. The number of fused-ring (bicyclic) bond motifs is 5. The molecule has 1 fully saturated rings. The second-order valence-electron chi connectivity index (χ2n) is 7.45. The largest absolute Gasteiger partial charge is 0.497 e. The number of esters is 1. The molecule has 4 rings (SSSR count). The van der Waals surface area contributed by atoms with E-state index in [1.54, 1.807) is 7.11 Å². The summed E-state index contributed by atoms with van der Waals surface area (Å²) in [5.41, 5.74) is 3.00. The van der Waals surface area contributed by atoms with Gasteiger partial charge in [-0.25, -0.2) is 0 Å². The molecule has 2 aliphatic rings. The molecular weight excluding hydrogens is 300 g/mol. The van der Waals surface area contributed by atoms with Crippen molar-refractivity contribution in [3.8, 4) is 5.75 Å². The van der Waals surface area contributed by atoms with E-state index in [9.17, 15) is 4.79 Å². The Labute approximate surface area is 143 Å². The molecule has 3 nitrogen and oxygen atoms in total. The van der Waals surface area contributed by atoms with Crippen LogP contribution in [0, 0.1) is 5.41 Å². The van der Waals surface area contributed by atoms with Gasteiger partial charge >= 0.3 is 5.97 Å². The summed E-state index contributed by atoms with van der Waals surface area (Å²) in [6.45, 7) is 3.83. The van der Waals surface area contributed by atoms with Crippen molar-refractivity contribution in [3.63, 3.8) is 0 Å². The molecule has 0 aliphatic heterocycles. The molecule has 0 unspecified atom stereocenters. The second kappa shape index (κ2) is 5.51. The van der Waals surface area contributed by atoms with E-state index in [0.717, 1.165) is 31.4 Å². The molecule has 24 heavy (non-hydrogen) atoms. The minimum atomic E-state index is -0.154. The Morgan fingerprint density at radius 1 is 1.21 bits per heavy atom. The lowest BCUT2D eigenvalue weighted by atomic mass is 9.65. The summed E-state index contributed by atoms with van der Waals surface area (Å²) in [6.07, 6.45) is 4.25. The smallest absolute Gasteiger partial charge is 0.302 e. The van der Waals surface area contributed by atoms with Gasteiger partial charge < -0.3 is 9.47 Å². The van der Waals surface area contributed by atoms with Gasteiger partial charge in [0.15, 0.2) is 0 Å². The molecule has 2 aliphatic carbocycles. The Morgan fingerprint density at radius 2 is 2.04 bits per heavy atom. The van der Waals surface area contributed by atoms with Crippen molar-refractivity contribution in [3.05, 3.63) is 41.5 Å². The van der Waals surface area contributed by atoms with Gasteiger partial charge in [0.1, 0.15) is 11.9 Å². The van der Waals surface area contributed by atoms with Crippen LogP contribution in [0.3, 0.4) is 0 Å². The van der Waals surface area contributed by atoms with E-state index in [4.69, 9.17) is 9.47 Å². The maximum Gasteiger partial charge on any atom is 0.302 e. The molecule has 0 aromatic heterocycles. The molecule has 0 saturated heterocycles. The fraction of sp³-hybridized carbons (Fsp3) is 0.476. The third-order valence-electron chi connectivity index (χ3n) is 6.22. The van der Waals surface area contributed by atoms with Crippen LogP contribution < -0.4 is 4.74 Å². The molecule has 1 saturated carbocycles. The van der Waals surface area contributed by atoms with E-state index in [-0.39, 0.29) is 17.5 Å². The van der Waals surface area contributed by atoms with Gasteiger partial charge in [0.2, 0.25) is 0 Å². The summed E-state index contributed by atoms with van der Waals surface area (Å²) in [6, 6.07) is 10.8. The first kappa shape index (κ1) is 15.5. The quantitative estimate of drug-likeness (QED) is 0.757. The van der Waals surface area contributed by atoms with Crippen molar-refractivity contribution < 1.29 is 14.3 Å². The Kier molecular flexibility index (Phi) is 3.56. The second-order valence-corrected chi connectivity index (χ2v) is 7.45. The minimum Gasteiger partial charge on any atom is -0.497 e. The van der Waals surface area contributed by atoms with Crippen LogP contribution in [0.2, 0.25) is 0 Å². The highest BCUT2D eigenvalue weighted by Gasteiger charge is 2.51. The van der Waals surface area contributed by atoms with Crippen LogP contribution >= 0.6 is 0 Å². The summed E-state index contributed by atoms with van der Waals surface area (Å²) in [4.78, 5) is 11.5. The topological polar surface area (TPSA) is 35.5 Å². The third kappa shape index (κ3) is 2.21. The lowest BCUT2D eigenvalue weighted by Gasteiger charge is -2.41. The van der Waals surface area contributed by atoms with Gasteiger partial charge in [-0.15, -0.1) is 0 Å². The van der Waals surface area contributed by atoms with E-state index < -0.39 is 0 Å². The number of aryl methyl sites for hydroxylation is 1. The fourth-order valence-corrected chi connectivity index (χ4v) is 4.96. The molecule has 2 aromatic rings. The zero-order valence-electron chi connectivity index (χ0n) is 14.6. The van der Waals surface area contributed by atoms with E-state index in [1.165, 1.54) is 28.8 Å². The number of carbonyl (C=O) groups excluding carboxylic acids is 1. The normalized spacial score (nSPS) is 28.3. The first-order chi connectivity index (χ1) is 11.5. The summed E-state index contributed by atoms with van der Waals surface area (Å²) in [7, 11) is 1.71. The van der Waals surface area contributed by atoms with Crippen LogP contribution in [0.5, 0.6) is 5.75 Å². The molecule has 126 valence electrons. The van der Waals surface area contributed by atoms with Crippen molar-refractivity contribution >= 4 is 16.7 Å². The van der Waals surface area contributed by atoms with Crippen molar-refractivity contribution in [1.82, 2.24) is 0 Å². The van der Waals surface area contributed by atoms with Gasteiger partial charge in [0, 0.05) is 12.3 Å². The Morgan fingerprint density at radius 3 is 2.79 bits per heavy atom. The SMILES string of the molecule is COc1ccc2c3c(ccc2c1)[C@@H]1CC[C@@H](OC(C)=O)[C@]1(C)CC3. The standard InChI is InChI=1S/C21H24O3/c1-13(22)24-20-9-8-19-18-6-4-14-12-15(23-3)5-7-16(14)17(18)10-11-21(19,20)2/h4-7,12,19-20H,8-11H2,1-3H3/t19-,20+,21+/m0/s1. The predicted molar refractivity (Wildman–Crippen MR) is 94.5 cm³/mol. The number of hydrogen-bond acceptors (Lipinski definition) is 3. The minimum absolute atomic E-state index is 0.0553. The molecule has 0 spiro atoms. The highest BCUT2D eigenvalue weighted by molar-refractivity contribution is 5.88. The average molecular weight is 324 g/mol. The van der Waals surface area contributed by atoms with E-state index in [1.807, 2.05) is 6.07 Å². The van der Waals surface area contributed by atoms with Gasteiger partial charge in [0.05, 0.1) is 7.11 Å². The van der Waals surface area contributed by atoms with E-state index >= 15 is 0 Å². The van der Waals surface area contributed by atoms with Gasteiger partial charge in [-0.1, -0.05) is 25.1 Å². The number of carbonyl (C=O) groups is 1. The Balaban J connectivity index is 1.78. The van der Waals surface area contributed by atoms with Crippen LogP contribution in [-0.2, 0) is 16.0 Å². The highest BCUT2D eigenvalue weighted by atomic mass is 16.5. The van der Waals surface area contributed by atoms with Crippen LogP contribution in [-0.4, -0.2) is 19.2 Å². The lowest BCUT2D eigenvalue weighted by Crippen LogP contribution is -2.37. The molecule has 3 heteroatoms. The van der Waals surface area contributed by atoms with Gasteiger partial charge in [-0.2, -0.15) is 0 Å². The zero-order valence-corrected chi connectivity index (χ0v) is 14.6. The van der Waals surface area contributed by atoms with Crippen LogP contribution in [0.25, 0.3) is 10.8 Å². The number of methoxy groups -OCH3 is 1. The van der Waals surface area contributed by atoms with Crippen molar-refractivity contribution in [2.45, 2.75) is 51.6 Å². The van der Waals surface area contributed by atoms with Crippen LogP contribution in [0.4, 0.5) is 0 Å². The number of benzene rings is 2. The molecule has 0 heterocycles. The molecule has 0 N–H and O–H groups in total. The maximum atomic E-state index is 11.5. The summed E-state index contributed by atoms with van der Waals surface area (Å²) < 4.78 is 11.0. The zero-order chi connectivity index (χ0) is 16.9. The highest BCUT2D eigenvalue weighted by Crippen LogP contribution is 2.57. The van der Waals surface area contributed by atoms with Gasteiger partial charge in [-0.05, 0) is 65.6 Å². The summed E-state index contributed by atoms with van der Waals surface area (Å²) >= 11 is 0. The first-order valence-electron chi connectivity index (χ1n) is 8.79. The van der Waals surface area contributed by atoms with E-state index in [2.05, 4.69) is 31.2 Å². The summed E-state index contributed by atoms with van der Waals surface area (Å²) in [5, 5.41) is 2.58. The number of ether oxygens (including phenoxy) is 2. The molecule has 2 aromatic carbocycles. The number of hydrogen-bond donors (Lipinski definition) is 0.